The number of phenolic OH excluding ortho intramolecular Hbond substituents is 1. The van der Waals surface area contributed by atoms with Crippen LogP contribution in [0.2, 0.25) is 0 Å². The molecule has 1 aromatic heterocycles. The number of rotatable bonds is 2. The Bertz CT molecular complexity index is 759. The number of nitrogens with zero attached hydrogens (tertiary/aromatic N) is 1. The number of halogens is 1. The van der Waals surface area contributed by atoms with Crippen LogP contribution < -0.4 is 5.56 Å². The molecule has 0 aliphatic rings. The summed E-state index contributed by atoms with van der Waals surface area (Å²) in [5.74, 6) is -1.74. The molecule has 2 aromatic rings. The van der Waals surface area contributed by atoms with Crippen molar-refractivity contribution in [1.82, 2.24) is 4.98 Å². The number of aromatic hydroxyl groups is 1. The average molecular weight is 258 g/mol. The molecule has 0 unspecified atom stereocenters. The molecule has 0 radical (unpaired) electrons. The molecular formula is C13H7FN2O3. The second-order valence-electron chi connectivity index (χ2n) is 3.73. The van der Waals surface area contributed by atoms with Crippen LogP contribution in [-0.4, -0.2) is 15.9 Å². The molecule has 0 atom stereocenters. The van der Waals surface area contributed by atoms with Crippen molar-refractivity contribution in [2.45, 2.75) is 0 Å². The maximum absolute atomic E-state index is 13.1. The number of carbonyl (C=O) groups excluding carboxylic acids is 1. The minimum atomic E-state index is -0.690. The first-order valence-electron chi connectivity index (χ1n) is 5.19. The van der Waals surface area contributed by atoms with Crippen molar-refractivity contribution in [2.24, 2.45) is 0 Å². The minimum absolute atomic E-state index is 0.0166. The van der Waals surface area contributed by atoms with Crippen molar-refractivity contribution in [1.29, 1.82) is 5.26 Å². The van der Waals surface area contributed by atoms with E-state index in [1.165, 1.54) is 0 Å². The first-order valence-corrected chi connectivity index (χ1v) is 5.19. The molecule has 0 spiro atoms. The summed E-state index contributed by atoms with van der Waals surface area (Å²) in [6.45, 7) is 0. The number of carbonyl (C=O) groups is 1. The number of benzene rings is 1. The zero-order valence-corrected chi connectivity index (χ0v) is 9.48. The van der Waals surface area contributed by atoms with E-state index in [0.29, 0.717) is 0 Å². The lowest BCUT2D eigenvalue weighted by Crippen LogP contribution is -2.13. The van der Waals surface area contributed by atoms with E-state index in [9.17, 15) is 19.1 Å². The third-order valence-corrected chi connectivity index (χ3v) is 2.49. The lowest BCUT2D eigenvalue weighted by molar-refractivity contribution is 0.103. The molecule has 0 saturated carbocycles. The number of aromatic amines is 1. The molecule has 0 amide bonds. The van der Waals surface area contributed by atoms with Gasteiger partial charge in [0, 0.05) is 11.8 Å². The maximum atomic E-state index is 13.1. The van der Waals surface area contributed by atoms with E-state index in [4.69, 9.17) is 5.26 Å². The predicted octanol–water partition coefficient (Wildman–Crippen LogP) is 1.32. The molecule has 0 aliphatic heterocycles. The van der Waals surface area contributed by atoms with Gasteiger partial charge in [0.1, 0.15) is 23.2 Å². The van der Waals surface area contributed by atoms with Crippen LogP contribution in [0, 0.1) is 17.1 Å². The third kappa shape index (κ3) is 2.35. The molecule has 94 valence electrons. The Morgan fingerprint density at radius 3 is 2.79 bits per heavy atom. The van der Waals surface area contributed by atoms with Gasteiger partial charge in [-0.2, -0.15) is 5.26 Å². The summed E-state index contributed by atoms with van der Waals surface area (Å²) in [5, 5.41) is 18.2. The van der Waals surface area contributed by atoms with Crippen molar-refractivity contribution in [3.05, 3.63) is 63.3 Å². The van der Waals surface area contributed by atoms with Crippen molar-refractivity contribution in [3.8, 4) is 11.8 Å². The number of aromatic nitrogens is 1. The Kier molecular flexibility index (Phi) is 3.12. The molecule has 0 fully saturated rings. The van der Waals surface area contributed by atoms with Gasteiger partial charge in [-0.3, -0.25) is 9.59 Å². The number of pyridine rings is 1. The summed E-state index contributed by atoms with van der Waals surface area (Å²) in [6.07, 6.45) is 1.11. The van der Waals surface area contributed by atoms with E-state index in [2.05, 4.69) is 4.98 Å². The van der Waals surface area contributed by atoms with Crippen molar-refractivity contribution >= 4 is 5.78 Å². The Hall–Kier alpha value is -2.94. The number of phenols is 1. The molecule has 2 N–H and O–H groups in total. The van der Waals surface area contributed by atoms with Gasteiger partial charge in [-0.15, -0.1) is 0 Å². The van der Waals surface area contributed by atoms with Gasteiger partial charge in [0.05, 0.1) is 5.56 Å². The number of hydrogen-bond donors (Lipinski definition) is 2. The Balaban J connectivity index is 2.54. The van der Waals surface area contributed by atoms with Gasteiger partial charge in [-0.05, 0) is 24.3 Å². The zero-order chi connectivity index (χ0) is 14.0. The Labute approximate surface area is 106 Å². The highest BCUT2D eigenvalue weighted by atomic mass is 19.1. The van der Waals surface area contributed by atoms with E-state index in [0.717, 1.165) is 30.5 Å². The molecule has 0 saturated heterocycles. The largest absolute Gasteiger partial charge is 0.507 e. The van der Waals surface area contributed by atoms with Gasteiger partial charge in [0.25, 0.3) is 5.56 Å². The van der Waals surface area contributed by atoms with Gasteiger partial charge in [0.2, 0.25) is 0 Å². The fourth-order valence-corrected chi connectivity index (χ4v) is 1.54. The molecule has 1 aromatic carbocycles. The van der Waals surface area contributed by atoms with E-state index in [1.807, 2.05) is 0 Å². The number of hydrogen-bond acceptors (Lipinski definition) is 4. The molecule has 0 aliphatic carbocycles. The normalized spacial score (nSPS) is 9.89. The predicted molar refractivity (Wildman–Crippen MR) is 63.3 cm³/mol. The summed E-state index contributed by atoms with van der Waals surface area (Å²) >= 11 is 0. The first-order chi connectivity index (χ1) is 9.02. The van der Waals surface area contributed by atoms with E-state index < -0.39 is 17.2 Å². The van der Waals surface area contributed by atoms with Crippen LogP contribution >= 0.6 is 0 Å². The fourth-order valence-electron chi connectivity index (χ4n) is 1.54. The minimum Gasteiger partial charge on any atom is -0.507 e. The second kappa shape index (κ2) is 4.74. The molecule has 0 bridgehead atoms. The van der Waals surface area contributed by atoms with Gasteiger partial charge in [0.15, 0.2) is 5.78 Å². The van der Waals surface area contributed by atoms with Crippen molar-refractivity contribution in [3.63, 3.8) is 0 Å². The van der Waals surface area contributed by atoms with Crippen LogP contribution in [0.15, 0.2) is 35.3 Å². The molecule has 5 nitrogen and oxygen atoms in total. The summed E-state index contributed by atoms with van der Waals surface area (Å²) in [7, 11) is 0. The van der Waals surface area contributed by atoms with E-state index >= 15 is 0 Å². The maximum Gasteiger partial charge on any atom is 0.265 e. The Morgan fingerprint density at radius 2 is 2.11 bits per heavy atom. The third-order valence-electron chi connectivity index (χ3n) is 2.49. The Morgan fingerprint density at radius 1 is 1.37 bits per heavy atom. The van der Waals surface area contributed by atoms with Crippen molar-refractivity contribution in [2.75, 3.05) is 0 Å². The van der Waals surface area contributed by atoms with Crippen LogP contribution in [0.5, 0.6) is 5.75 Å². The molecule has 2 rings (SSSR count). The highest BCUT2D eigenvalue weighted by Crippen LogP contribution is 2.21. The monoisotopic (exact) mass is 258 g/mol. The van der Waals surface area contributed by atoms with Crippen LogP contribution in [-0.2, 0) is 0 Å². The lowest BCUT2D eigenvalue weighted by atomic mass is 10.0. The molecular weight excluding hydrogens is 251 g/mol. The number of nitrogens with one attached hydrogen (secondary N) is 1. The summed E-state index contributed by atoms with van der Waals surface area (Å²) in [6, 6.07) is 5.68. The summed E-state index contributed by atoms with van der Waals surface area (Å²) in [4.78, 5) is 25.5. The van der Waals surface area contributed by atoms with Crippen LogP contribution in [0.1, 0.15) is 21.5 Å². The highest BCUT2D eigenvalue weighted by Gasteiger charge is 2.16. The van der Waals surface area contributed by atoms with E-state index in [-0.39, 0.29) is 22.4 Å². The standard InChI is InChI=1S/C13H7FN2O3/c14-9-1-2-11(17)10(4-9)12(18)8-3-7(5-15)13(19)16-6-8/h1-4,6,17H,(H,16,19). The molecule has 6 heteroatoms. The fraction of sp³-hybridized carbons (Fsp3) is 0. The van der Waals surface area contributed by atoms with Crippen LogP contribution in [0.25, 0.3) is 0 Å². The van der Waals surface area contributed by atoms with Gasteiger partial charge < -0.3 is 10.1 Å². The molecule has 1 heterocycles. The topological polar surface area (TPSA) is 93.9 Å². The smallest absolute Gasteiger partial charge is 0.265 e. The van der Waals surface area contributed by atoms with Gasteiger partial charge in [-0.1, -0.05) is 0 Å². The number of nitriles is 1. The lowest BCUT2D eigenvalue weighted by Gasteiger charge is -2.04. The summed E-state index contributed by atoms with van der Waals surface area (Å²) < 4.78 is 13.1. The van der Waals surface area contributed by atoms with Crippen LogP contribution in [0.4, 0.5) is 4.39 Å². The van der Waals surface area contributed by atoms with Crippen LogP contribution in [0.3, 0.4) is 0 Å². The second-order valence-corrected chi connectivity index (χ2v) is 3.73. The first kappa shape index (κ1) is 12.5. The molecule has 19 heavy (non-hydrogen) atoms. The number of ketones is 1. The van der Waals surface area contributed by atoms with E-state index in [1.54, 1.807) is 6.07 Å². The zero-order valence-electron chi connectivity index (χ0n) is 9.48. The van der Waals surface area contributed by atoms with Gasteiger partial charge in [-0.25, -0.2) is 4.39 Å². The summed E-state index contributed by atoms with van der Waals surface area (Å²) in [5.41, 5.74) is -1.11. The van der Waals surface area contributed by atoms with Crippen molar-refractivity contribution < 1.29 is 14.3 Å². The highest BCUT2D eigenvalue weighted by molar-refractivity contribution is 6.10. The number of H-pyrrole nitrogens is 1. The SMILES string of the molecule is N#Cc1cc(C(=O)c2cc(F)ccc2O)c[nH]c1=O. The average Bonchev–Trinajstić information content (AvgIpc) is 2.41. The van der Waals surface area contributed by atoms with Gasteiger partial charge >= 0.3 is 0 Å². The quantitative estimate of drug-likeness (QED) is 0.794.